The number of carboxylic acid groups (broad SMARTS) is 2. The molecule has 6 heteroatoms. The topological polar surface area (TPSA) is 93.1 Å². The van der Waals surface area contributed by atoms with Crippen LogP contribution >= 0.6 is 0 Å². The first-order valence-corrected chi connectivity index (χ1v) is 6.94. The molecule has 0 saturated heterocycles. The molecule has 0 amide bonds. The Kier molecular flexibility index (Phi) is 4.45. The van der Waals surface area contributed by atoms with Crippen LogP contribution in [0, 0.1) is 5.41 Å². The maximum Gasteiger partial charge on any atom is 0.331 e. The van der Waals surface area contributed by atoms with Crippen molar-refractivity contribution < 1.29 is 29.3 Å². The lowest BCUT2D eigenvalue weighted by Crippen LogP contribution is -2.29. The molecule has 1 aromatic rings. The predicted molar refractivity (Wildman–Crippen MR) is 83.6 cm³/mol. The largest absolute Gasteiger partial charge is 0.496 e. The normalized spacial score (nSPS) is 20.3. The molecule has 0 radical (unpaired) electrons. The van der Waals surface area contributed by atoms with Gasteiger partial charge < -0.3 is 19.7 Å². The number of hydrogen-bond acceptors (Lipinski definition) is 4. The van der Waals surface area contributed by atoms with E-state index in [0.29, 0.717) is 22.6 Å². The fourth-order valence-electron chi connectivity index (χ4n) is 2.63. The molecule has 2 N–H and O–H groups in total. The first-order chi connectivity index (χ1) is 10.8. The summed E-state index contributed by atoms with van der Waals surface area (Å²) in [5.74, 6) is -1.27. The summed E-state index contributed by atoms with van der Waals surface area (Å²) in [4.78, 5) is 23.0. The molecular weight excluding hydrogens is 300 g/mol. The van der Waals surface area contributed by atoms with Crippen molar-refractivity contribution in [1.82, 2.24) is 0 Å². The number of ether oxygens (including phenoxy) is 2. The van der Waals surface area contributed by atoms with Crippen molar-refractivity contribution in [2.45, 2.75) is 13.3 Å². The third-order valence-electron chi connectivity index (χ3n) is 3.84. The first kappa shape index (κ1) is 16.6. The molecule has 0 aliphatic heterocycles. The van der Waals surface area contributed by atoms with Gasteiger partial charge in [0.05, 0.1) is 25.2 Å². The molecule has 0 spiro atoms. The summed E-state index contributed by atoms with van der Waals surface area (Å²) in [5, 5.41) is 18.8. The number of aliphatic carboxylic acids is 2. The van der Waals surface area contributed by atoms with Gasteiger partial charge in [0.2, 0.25) is 0 Å². The Morgan fingerprint density at radius 2 is 1.70 bits per heavy atom. The van der Waals surface area contributed by atoms with Crippen molar-refractivity contribution in [2.24, 2.45) is 5.41 Å². The highest BCUT2D eigenvalue weighted by atomic mass is 16.5. The molecule has 23 heavy (non-hydrogen) atoms. The monoisotopic (exact) mass is 318 g/mol. The van der Waals surface area contributed by atoms with E-state index in [1.807, 2.05) is 0 Å². The van der Waals surface area contributed by atoms with E-state index in [1.54, 1.807) is 24.3 Å². The van der Waals surface area contributed by atoms with Crippen molar-refractivity contribution >= 4 is 17.5 Å². The molecule has 1 aromatic carbocycles. The fourth-order valence-corrected chi connectivity index (χ4v) is 2.63. The van der Waals surface area contributed by atoms with Crippen LogP contribution in [-0.2, 0) is 9.59 Å². The van der Waals surface area contributed by atoms with Gasteiger partial charge in [-0.05, 0) is 37.1 Å². The van der Waals surface area contributed by atoms with Gasteiger partial charge in [-0.3, -0.25) is 4.79 Å². The summed E-state index contributed by atoms with van der Waals surface area (Å²) in [5.41, 5.74) is -0.305. The third kappa shape index (κ3) is 3.06. The summed E-state index contributed by atoms with van der Waals surface area (Å²) in [6.45, 7) is 1.49. The van der Waals surface area contributed by atoms with Gasteiger partial charge in [-0.1, -0.05) is 12.1 Å². The van der Waals surface area contributed by atoms with Crippen LogP contribution < -0.4 is 9.47 Å². The molecule has 0 bridgehead atoms. The highest BCUT2D eigenvalue weighted by Crippen LogP contribution is 2.43. The lowest BCUT2D eigenvalue weighted by atomic mass is 9.76. The van der Waals surface area contributed by atoms with E-state index in [-0.39, 0.29) is 12.0 Å². The Morgan fingerprint density at radius 3 is 2.13 bits per heavy atom. The van der Waals surface area contributed by atoms with E-state index in [0.717, 1.165) is 0 Å². The van der Waals surface area contributed by atoms with Crippen LogP contribution in [0.1, 0.15) is 18.9 Å². The smallest absolute Gasteiger partial charge is 0.331 e. The molecule has 122 valence electrons. The summed E-state index contributed by atoms with van der Waals surface area (Å²) in [7, 11) is 2.97. The first-order valence-electron chi connectivity index (χ1n) is 6.94. The summed E-state index contributed by atoms with van der Waals surface area (Å²) in [6.07, 6.45) is 2.92. The summed E-state index contributed by atoms with van der Waals surface area (Å²) >= 11 is 0. The second kappa shape index (κ2) is 6.16. The van der Waals surface area contributed by atoms with Crippen LogP contribution in [0.3, 0.4) is 0 Å². The van der Waals surface area contributed by atoms with Gasteiger partial charge in [-0.25, -0.2) is 4.79 Å². The minimum Gasteiger partial charge on any atom is -0.496 e. The molecule has 0 aromatic heterocycles. The third-order valence-corrected chi connectivity index (χ3v) is 3.84. The van der Waals surface area contributed by atoms with Crippen molar-refractivity contribution in [3.05, 3.63) is 41.5 Å². The molecule has 0 saturated carbocycles. The van der Waals surface area contributed by atoms with Gasteiger partial charge in [0.15, 0.2) is 0 Å². The van der Waals surface area contributed by atoms with Crippen LogP contribution in [0.2, 0.25) is 0 Å². The molecule has 0 heterocycles. The van der Waals surface area contributed by atoms with Crippen molar-refractivity contribution in [3.63, 3.8) is 0 Å². The van der Waals surface area contributed by atoms with Gasteiger partial charge in [0.25, 0.3) is 0 Å². The number of carboxylic acids is 2. The molecule has 1 aliphatic rings. The Bertz CT molecular complexity index is 694. The van der Waals surface area contributed by atoms with E-state index >= 15 is 0 Å². The molecule has 1 atom stereocenters. The molecular formula is C17H18O6. The van der Waals surface area contributed by atoms with Gasteiger partial charge >= 0.3 is 11.9 Å². The SMILES string of the molecule is COc1cccc(OC)c1C1=CC(C)(C(=O)O)CC(C(=O)O)=C1. The average Bonchev–Trinajstić information content (AvgIpc) is 2.53. The van der Waals surface area contributed by atoms with Crippen LogP contribution in [-0.4, -0.2) is 36.4 Å². The number of rotatable bonds is 5. The molecule has 1 unspecified atom stereocenters. The Hall–Kier alpha value is -2.76. The Morgan fingerprint density at radius 1 is 1.13 bits per heavy atom. The van der Waals surface area contributed by atoms with Crippen LogP contribution in [0.4, 0.5) is 0 Å². The number of hydrogen-bond donors (Lipinski definition) is 2. The average molecular weight is 318 g/mol. The zero-order valence-corrected chi connectivity index (χ0v) is 13.1. The Labute approximate surface area is 133 Å². The van der Waals surface area contributed by atoms with Crippen LogP contribution in [0.15, 0.2) is 35.9 Å². The van der Waals surface area contributed by atoms with E-state index in [2.05, 4.69) is 0 Å². The maximum absolute atomic E-state index is 11.6. The highest BCUT2D eigenvalue weighted by molar-refractivity contribution is 5.97. The minimum atomic E-state index is -1.32. The Balaban J connectivity index is 2.71. The van der Waals surface area contributed by atoms with Gasteiger partial charge in [-0.2, -0.15) is 0 Å². The van der Waals surface area contributed by atoms with Crippen molar-refractivity contribution in [1.29, 1.82) is 0 Å². The van der Waals surface area contributed by atoms with E-state index in [1.165, 1.54) is 27.2 Å². The molecule has 1 aliphatic carbocycles. The fraction of sp³-hybridized carbons (Fsp3) is 0.294. The van der Waals surface area contributed by atoms with Gasteiger partial charge in [-0.15, -0.1) is 0 Å². The zero-order valence-electron chi connectivity index (χ0n) is 13.1. The lowest BCUT2D eigenvalue weighted by Gasteiger charge is -2.27. The van der Waals surface area contributed by atoms with Gasteiger partial charge in [0, 0.05) is 5.57 Å². The van der Waals surface area contributed by atoms with Crippen LogP contribution in [0.25, 0.3) is 5.57 Å². The highest BCUT2D eigenvalue weighted by Gasteiger charge is 2.37. The number of benzene rings is 1. The second-order valence-electron chi connectivity index (χ2n) is 5.51. The quantitative estimate of drug-likeness (QED) is 0.867. The number of methoxy groups -OCH3 is 2. The standard InChI is InChI=1S/C17H18O6/c1-17(16(20)21)8-10(7-11(9-17)15(18)19)14-12(22-2)5-4-6-13(14)23-3/h4-8H,9H2,1-3H3,(H,18,19)(H,20,21). The van der Waals surface area contributed by atoms with Gasteiger partial charge in [0.1, 0.15) is 11.5 Å². The van der Waals surface area contributed by atoms with E-state index in [4.69, 9.17) is 9.47 Å². The van der Waals surface area contributed by atoms with Crippen LogP contribution in [0.5, 0.6) is 11.5 Å². The van der Waals surface area contributed by atoms with E-state index in [9.17, 15) is 19.8 Å². The van der Waals surface area contributed by atoms with Crippen molar-refractivity contribution in [3.8, 4) is 11.5 Å². The molecule has 6 nitrogen and oxygen atoms in total. The van der Waals surface area contributed by atoms with Crippen molar-refractivity contribution in [2.75, 3.05) is 14.2 Å². The minimum absolute atomic E-state index is 0.0281. The number of allylic oxidation sites excluding steroid dienone is 2. The molecule has 2 rings (SSSR count). The predicted octanol–water partition coefficient (Wildman–Crippen LogP) is 2.59. The number of carbonyl (C=O) groups is 2. The lowest BCUT2D eigenvalue weighted by molar-refractivity contribution is -0.145. The molecule has 0 fully saturated rings. The zero-order chi connectivity index (χ0) is 17.2. The second-order valence-corrected chi connectivity index (χ2v) is 5.51. The summed E-state index contributed by atoms with van der Waals surface area (Å²) < 4.78 is 10.6. The maximum atomic E-state index is 11.6. The summed E-state index contributed by atoms with van der Waals surface area (Å²) in [6, 6.07) is 5.15. The van der Waals surface area contributed by atoms with E-state index < -0.39 is 17.4 Å².